The Labute approximate surface area is 209 Å². The van der Waals surface area contributed by atoms with Crippen LogP contribution in [0.3, 0.4) is 0 Å². The first-order chi connectivity index (χ1) is 16.9. The molecule has 1 unspecified atom stereocenters. The molecule has 0 aromatic heterocycles. The number of fused-ring (bicyclic) bond motifs is 1. The van der Waals surface area contributed by atoms with Gasteiger partial charge in [-0.25, -0.2) is 4.79 Å². The number of amidine groups is 1. The Kier molecular flexibility index (Phi) is 7.57. The van der Waals surface area contributed by atoms with E-state index in [0.717, 1.165) is 5.56 Å². The third-order valence-corrected chi connectivity index (χ3v) is 5.90. The van der Waals surface area contributed by atoms with Crippen molar-refractivity contribution in [2.75, 3.05) is 20.2 Å². The number of carbonyl (C=O) groups is 3. The van der Waals surface area contributed by atoms with Crippen LogP contribution in [0.15, 0.2) is 30.3 Å². The Morgan fingerprint density at radius 2 is 1.92 bits per heavy atom. The molecule has 0 radical (unpaired) electrons. The molecule has 0 spiro atoms. The van der Waals surface area contributed by atoms with Gasteiger partial charge in [0.1, 0.15) is 23.4 Å². The van der Waals surface area contributed by atoms with Crippen LogP contribution < -0.4 is 15.8 Å². The number of amides is 2. The van der Waals surface area contributed by atoms with Crippen LogP contribution in [0.25, 0.3) is 0 Å². The Balaban J connectivity index is 1.88. The van der Waals surface area contributed by atoms with E-state index in [1.807, 2.05) is 27.7 Å². The minimum absolute atomic E-state index is 0.103. The summed E-state index contributed by atoms with van der Waals surface area (Å²) in [5.74, 6) is -0.208. The summed E-state index contributed by atoms with van der Waals surface area (Å²) < 4.78 is 10.9. The summed E-state index contributed by atoms with van der Waals surface area (Å²) in [7, 11) is 1.52. The van der Waals surface area contributed by atoms with Gasteiger partial charge in [-0.2, -0.15) is 0 Å². The fraction of sp³-hybridized carbons (Fsp3) is 0.385. The van der Waals surface area contributed by atoms with E-state index in [-0.39, 0.29) is 40.9 Å². The monoisotopic (exact) mass is 496 g/mol. The first-order valence-corrected chi connectivity index (χ1v) is 11.5. The first kappa shape index (κ1) is 26.5. The van der Waals surface area contributed by atoms with Crippen LogP contribution >= 0.6 is 0 Å². The van der Waals surface area contributed by atoms with Crippen molar-refractivity contribution in [3.05, 3.63) is 58.1 Å². The summed E-state index contributed by atoms with van der Waals surface area (Å²) >= 11 is 0. The van der Waals surface area contributed by atoms with Crippen molar-refractivity contribution < 1.29 is 29.0 Å². The van der Waals surface area contributed by atoms with Gasteiger partial charge in [0.15, 0.2) is 5.78 Å². The van der Waals surface area contributed by atoms with Gasteiger partial charge in [-0.3, -0.25) is 15.0 Å². The molecule has 1 aliphatic heterocycles. The Hall–Kier alpha value is -4.08. The highest BCUT2D eigenvalue weighted by Gasteiger charge is 2.33. The molecule has 1 heterocycles. The zero-order valence-corrected chi connectivity index (χ0v) is 21.1. The quantitative estimate of drug-likeness (QED) is 0.408. The maximum atomic E-state index is 13.2. The Morgan fingerprint density at radius 1 is 1.22 bits per heavy atom. The highest BCUT2D eigenvalue weighted by Crippen LogP contribution is 2.40. The van der Waals surface area contributed by atoms with E-state index in [2.05, 4.69) is 5.32 Å². The van der Waals surface area contributed by atoms with Gasteiger partial charge in [0.25, 0.3) is 5.91 Å². The second-order valence-corrected chi connectivity index (χ2v) is 9.60. The summed E-state index contributed by atoms with van der Waals surface area (Å²) in [5.41, 5.74) is 6.84. The molecule has 0 bridgehead atoms. The van der Waals surface area contributed by atoms with Gasteiger partial charge in [0.2, 0.25) is 0 Å². The number of phenolic OH excluding ortho intramolecular Hbond substituents is 1. The number of benzene rings is 2. The number of hydrogen-bond acceptors (Lipinski definition) is 7. The van der Waals surface area contributed by atoms with Crippen molar-refractivity contribution in [3.63, 3.8) is 0 Å². The second-order valence-electron chi connectivity index (χ2n) is 9.60. The number of aromatic hydroxyl groups is 1. The average Bonchev–Trinajstić information content (AvgIpc) is 3.10. The minimum atomic E-state index is -0.989. The first-order valence-electron chi connectivity index (χ1n) is 11.5. The number of ether oxygens (including phenoxy) is 2. The number of hydrogen-bond donors (Lipinski definition) is 4. The molecule has 5 N–H and O–H groups in total. The summed E-state index contributed by atoms with van der Waals surface area (Å²) in [4.78, 5) is 38.6. The number of nitrogens with one attached hydrogen (secondary N) is 2. The van der Waals surface area contributed by atoms with Gasteiger partial charge in [-0.1, -0.05) is 20.8 Å². The second kappa shape index (κ2) is 10.3. The lowest BCUT2D eigenvalue weighted by Crippen LogP contribution is -2.30. The summed E-state index contributed by atoms with van der Waals surface area (Å²) in [6.45, 7) is 7.85. The number of Topliss-reactive ketones (excluding diaryl/α,β-unsaturated/α-hetero) is 1. The Morgan fingerprint density at radius 3 is 2.50 bits per heavy atom. The smallest absolute Gasteiger partial charge is 0.405 e. The summed E-state index contributed by atoms with van der Waals surface area (Å²) in [6.07, 6.45) is -1.87. The topological polar surface area (TPSA) is 155 Å². The van der Waals surface area contributed by atoms with E-state index in [9.17, 15) is 19.5 Å². The van der Waals surface area contributed by atoms with E-state index in [0.29, 0.717) is 30.0 Å². The molecule has 2 aromatic carbocycles. The third kappa shape index (κ3) is 5.42. The molecular formula is C26H32N4O6. The van der Waals surface area contributed by atoms with Crippen LogP contribution in [0.5, 0.6) is 11.5 Å². The molecule has 3 rings (SSSR count). The molecule has 1 aliphatic rings. The number of ketones is 1. The molecule has 36 heavy (non-hydrogen) atoms. The SMILES string of the molecule is CCOc1cc2c(cc1C(=O)NC)C(=N)N(CC(=O)c1ccc(O)c(C(OC(N)=O)C(C)(C)C)c1)C2. The molecule has 10 heteroatoms. The zero-order chi connectivity index (χ0) is 26.8. The molecule has 0 saturated heterocycles. The van der Waals surface area contributed by atoms with Crippen LogP contribution in [0.2, 0.25) is 0 Å². The van der Waals surface area contributed by atoms with Crippen LogP contribution in [0.1, 0.15) is 71.2 Å². The Bertz CT molecular complexity index is 1220. The number of carbonyl (C=O) groups excluding carboxylic acids is 3. The molecule has 0 fully saturated rings. The third-order valence-electron chi connectivity index (χ3n) is 5.90. The predicted molar refractivity (Wildman–Crippen MR) is 134 cm³/mol. The minimum Gasteiger partial charge on any atom is -0.508 e. The van der Waals surface area contributed by atoms with E-state index >= 15 is 0 Å². The van der Waals surface area contributed by atoms with E-state index < -0.39 is 17.6 Å². The van der Waals surface area contributed by atoms with Gasteiger partial charge < -0.3 is 30.5 Å². The van der Waals surface area contributed by atoms with Crippen molar-refractivity contribution >= 4 is 23.6 Å². The number of primary amides is 1. The normalized spacial score (nSPS) is 13.7. The average molecular weight is 497 g/mol. The van der Waals surface area contributed by atoms with Crippen molar-refractivity contribution in [1.82, 2.24) is 10.2 Å². The van der Waals surface area contributed by atoms with E-state index in [1.54, 1.807) is 17.0 Å². The largest absolute Gasteiger partial charge is 0.508 e. The molecule has 0 aliphatic carbocycles. The summed E-state index contributed by atoms with van der Waals surface area (Å²) in [5, 5.41) is 21.6. The van der Waals surface area contributed by atoms with Crippen LogP contribution in [-0.4, -0.2) is 53.8 Å². The lowest BCUT2D eigenvalue weighted by atomic mass is 9.83. The fourth-order valence-corrected chi connectivity index (χ4v) is 4.18. The molecule has 1 atom stereocenters. The maximum absolute atomic E-state index is 13.2. The molecule has 10 nitrogen and oxygen atoms in total. The number of phenols is 1. The molecule has 192 valence electrons. The van der Waals surface area contributed by atoms with Crippen molar-refractivity contribution in [2.24, 2.45) is 11.1 Å². The highest BCUT2D eigenvalue weighted by atomic mass is 16.6. The molecule has 0 saturated carbocycles. The lowest BCUT2D eigenvalue weighted by Gasteiger charge is -2.30. The number of nitrogens with two attached hydrogens (primary N) is 1. The molecule has 2 amide bonds. The van der Waals surface area contributed by atoms with Crippen molar-refractivity contribution in [3.8, 4) is 11.5 Å². The predicted octanol–water partition coefficient (Wildman–Crippen LogP) is 3.36. The maximum Gasteiger partial charge on any atom is 0.405 e. The van der Waals surface area contributed by atoms with Gasteiger partial charge in [0, 0.05) is 35.7 Å². The summed E-state index contributed by atoms with van der Waals surface area (Å²) in [6, 6.07) is 7.69. The van der Waals surface area contributed by atoms with Crippen molar-refractivity contribution in [1.29, 1.82) is 5.41 Å². The lowest BCUT2D eigenvalue weighted by molar-refractivity contribution is 0.0344. The van der Waals surface area contributed by atoms with Crippen LogP contribution in [0, 0.1) is 10.8 Å². The van der Waals surface area contributed by atoms with Crippen LogP contribution in [0.4, 0.5) is 4.79 Å². The zero-order valence-electron chi connectivity index (χ0n) is 21.1. The van der Waals surface area contributed by atoms with E-state index in [1.165, 1.54) is 25.2 Å². The van der Waals surface area contributed by atoms with Gasteiger partial charge in [-0.15, -0.1) is 0 Å². The highest BCUT2D eigenvalue weighted by molar-refractivity contribution is 6.07. The number of rotatable bonds is 8. The van der Waals surface area contributed by atoms with Gasteiger partial charge in [0.05, 0.1) is 18.7 Å². The fourth-order valence-electron chi connectivity index (χ4n) is 4.18. The van der Waals surface area contributed by atoms with Gasteiger partial charge >= 0.3 is 6.09 Å². The molecular weight excluding hydrogens is 464 g/mol. The number of nitrogens with zero attached hydrogens (tertiary/aromatic N) is 1. The van der Waals surface area contributed by atoms with Gasteiger partial charge in [-0.05, 0) is 42.8 Å². The standard InChI is InChI=1S/C26H32N4O6/c1-6-35-21-10-15-12-30(23(27)16(15)11-18(21)24(33)29-5)13-20(32)14-7-8-19(31)17(9-14)22(26(2,3)4)36-25(28)34/h7-11,22,27,31H,6,12-13H2,1-5H3,(H2,28,34)(H,29,33). The van der Waals surface area contributed by atoms with E-state index in [4.69, 9.17) is 20.6 Å². The van der Waals surface area contributed by atoms with Crippen molar-refractivity contribution in [2.45, 2.75) is 40.3 Å². The molecule has 2 aromatic rings. The van der Waals surface area contributed by atoms with Crippen LogP contribution in [-0.2, 0) is 11.3 Å².